The molecule has 0 bridgehead atoms. The van der Waals surface area contributed by atoms with E-state index in [9.17, 15) is 9.18 Å². The van der Waals surface area contributed by atoms with E-state index in [2.05, 4.69) is 10.3 Å². The van der Waals surface area contributed by atoms with Crippen molar-refractivity contribution in [1.29, 1.82) is 0 Å². The van der Waals surface area contributed by atoms with Gasteiger partial charge in [-0.3, -0.25) is 4.79 Å². The van der Waals surface area contributed by atoms with Crippen molar-refractivity contribution in [3.8, 4) is 5.69 Å². The number of benzene rings is 1. The smallest absolute Gasteiger partial charge is 0.210 e. The van der Waals surface area contributed by atoms with Crippen molar-refractivity contribution in [2.45, 2.75) is 32.4 Å². The third kappa shape index (κ3) is 1.88. The Morgan fingerprint density at radius 2 is 2.00 bits per heavy atom. The zero-order valence-electron chi connectivity index (χ0n) is 11.3. The first-order valence-electron chi connectivity index (χ1n) is 6.55. The molecule has 1 aromatic heterocycles. The lowest BCUT2D eigenvalue weighted by Gasteiger charge is -2.35. The van der Waals surface area contributed by atoms with Gasteiger partial charge in [-0.2, -0.15) is 0 Å². The molecule has 2 atom stereocenters. The average Bonchev–Trinajstić information content (AvgIpc) is 2.84. The van der Waals surface area contributed by atoms with E-state index in [0.717, 1.165) is 23.5 Å². The minimum absolute atomic E-state index is 0.0905. The maximum atomic E-state index is 13.0. The molecule has 6 heteroatoms. The van der Waals surface area contributed by atoms with Crippen molar-refractivity contribution in [3.63, 3.8) is 0 Å². The molecule has 0 fully saturated rings. The second-order valence-electron chi connectivity index (χ2n) is 5.09. The zero-order chi connectivity index (χ0) is 14.3. The normalized spacial score (nSPS) is 21.6. The summed E-state index contributed by atoms with van der Waals surface area (Å²) in [6, 6.07) is 6.14. The van der Waals surface area contributed by atoms with Crippen LogP contribution in [0.3, 0.4) is 0 Å². The number of carbonyl (C=O) groups excluding carboxylic acids is 1. The molecule has 0 spiro atoms. The molecule has 1 aliphatic rings. The van der Waals surface area contributed by atoms with Crippen LogP contribution in [0, 0.1) is 5.82 Å². The van der Waals surface area contributed by atoms with Gasteiger partial charge in [0.1, 0.15) is 11.5 Å². The van der Waals surface area contributed by atoms with Crippen LogP contribution >= 0.6 is 0 Å². The summed E-state index contributed by atoms with van der Waals surface area (Å²) in [6.45, 7) is 3.93. The third-order valence-corrected chi connectivity index (χ3v) is 3.83. The molecule has 1 amide bonds. The van der Waals surface area contributed by atoms with Gasteiger partial charge >= 0.3 is 0 Å². The molecule has 3 rings (SSSR count). The van der Waals surface area contributed by atoms with E-state index < -0.39 is 0 Å². The van der Waals surface area contributed by atoms with Gasteiger partial charge in [0, 0.05) is 12.5 Å². The van der Waals surface area contributed by atoms with Crippen LogP contribution in [0.25, 0.3) is 5.69 Å². The van der Waals surface area contributed by atoms with E-state index in [1.165, 1.54) is 12.1 Å². The number of hydrogen-bond donors (Lipinski definition) is 0. The molecule has 0 aliphatic carbocycles. The fourth-order valence-electron chi connectivity index (χ4n) is 2.72. The highest BCUT2D eigenvalue weighted by molar-refractivity contribution is 5.51. The highest BCUT2D eigenvalue weighted by atomic mass is 19.1. The van der Waals surface area contributed by atoms with Crippen LogP contribution in [0.4, 0.5) is 4.39 Å². The first-order valence-corrected chi connectivity index (χ1v) is 6.55. The Hall–Kier alpha value is -2.24. The fraction of sp³-hybridized carbons (Fsp3) is 0.357. The van der Waals surface area contributed by atoms with Crippen LogP contribution < -0.4 is 0 Å². The molecule has 0 radical (unpaired) electrons. The van der Waals surface area contributed by atoms with Crippen LogP contribution in [0.5, 0.6) is 0 Å². The Morgan fingerprint density at radius 1 is 1.30 bits per heavy atom. The largest absolute Gasteiger partial charge is 0.334 e. The summed E-state index contributed by atoms with van der Waals surface area (Å²) in [4.78, 5) is 12.9. The van der Waals surface area contributed by atoms with Gasteiger partial charge in [0.15, 0.2) is 0 Å². The fourth-order valence-corrected chi connectivity index (χ4v) is 2.72. The molecule has 2 aromatic rings. The maximum absolute atomic E-state index is 13.0. The quantitative estimate of drug-likeness (QED) is 0.786. The molecule has 1 aliphatic heterocycles. The van der Waals surface area contributed by atoms with Gasteiger partial charge in [-0.05, 0) is 38.1 Å². The number of halogens is 1. The summed E-state index contributed by atoms with van der Waals surface area (Å²) in [5, 5.41) is 8.34. The molecule has 2 heterocycles. The van der Waals surface area contributed by atoms with Crippen molar-refractivity contribution in [1.82, 2.24) is 19.9 Å². The van der Waals surface area contributed by atoms with Gasteiger partial charge in [-0.15, -0.1) is 5.10 Å². The van der Waals surface area contributed by atoms with E-state index in [1.807, 2.05) is 13.8 Å². The molecule has 1 aromatic carbocycles. The molecule has 104 valence electrons. The summed E-state index contributed by atoms with van der Waals surface area (Å²) >= 11 is 0. The third-order valence-electron chi connectivity index (χ3n) is 3.83. The van der Waals surface area contributed by atoms with Gasteiger partial charge in [-0.25, -0.2) is 9.07 Å². The van der Waals surface area contributed by atoms with E-state index in [1.54, 1.807) is 21.7 Å². The number of carbonyl (C=O) groups is 1. The number of rotatable bonds is 2. The maximum Gasteiger partial charge on any atom is 0.210 e. The lowest BCUT2D eigenvalue weighted by Crippen LogP contribution is -2.40. The van der Waals surface area contributed by atoms with Gasteiger partial charge in [-0.1, -0.05) is 5.21 Å². The number of fused-ring (bicyclic) bond motifs is 1. The van der Waals surface area contributed by atoms with Crippen molar-refractivity contribution in [2.24, 2.45) is 0 Å². The lowest BCUT2D eigenvalue weighted by molar-refractivity contribution is -0.122. The monoisotopic (exact) mass is 274 g/mol. The van der Waals surface area contributed by atoms with E-state index in [-0.39, 0.29) is 17.9 Å². The molecule has 0 unspecified atom stereocenters. The Kier molecular flexibility index (Phi) is 3.00. The molecular formula is C14H15FN4O. The van der Waals surface area contributed by atoms with E-state index in [0.29, 0.717) is 6.42 Å². The van der Waals surface area contributed by atoms with Crippen LogP contribution in [0.2, 0.25) is 0 Å². The zero-order valence-corrected chi connectivity index (χ0v) is 11.3. The summed E-state index contributed by atoms with van der Waals surface area (Å²) in [7, 11) is 0. The number of aromatic nitrogens is 3. The van der Waals surface area contributed by atoms with Gasteiger partial charge < -0.3 is 4.90 Å². The Bertz CT molecular complexity index is 637. The van der Waals surface area contributed by atoms with Gasteiger partial charge in [0.25, 0.3) is 0 Å². The minimum atomic E-state index is -0.281. The lowest BCUT2D eigenvalue weighted by atomic mass is 9.98. The molecule has 0 saturated carbocycles. The minimum Gasteiger partial charge on any atom is -0.334 e. The Labute approximate surface area is 116 Å². The topological polar surface area (TPSA) is 51.0 Å². The average molecular weight is 274 g/mol. The van der Waals surface area contributed by atoms with Crippen molar-refractivity contribution in [3.05, 3.63) is 41.5 Å². The molecule has 5 nitrogen and oxygen atoms in total. The van der Waals surface area contributed by atoms with E-state index >= 15 is 0 Å². The molecule has 0 N–H and O–H groups in total. The van der Waals surface area contributed by atoms with Crippen LogP contribution in [-0.4, -0.2) is 32.3 Å². The van der Waals surface area contributed by atoms with Gasteiger partial charge in [0.2, 0.25) is 6.41 Å². The second kappa shape index (κ2) is 4.70. The predicted molar refractivity (Wildman–Crippen MR) is 70.8 cm³/mol. The van der Waals surface area contributed by atoms with Gasteiger partial charge in [0.05, 0.1) is 17.4 Å². The summed E-state index contributed by atoms with van der Waals surface area (Å²) < 4.78 is 14.7. The predicted octanol–water partition coefficient (Wildman–Crippen LogP) is 1.87. The highest BCUT2D eigenvalue weighted by Crippen LogP contribution is 2.31. The Morgan fingerprint density at radius 3 is 2.65 bits per heavy atom. The van der Waals surface area contributed by atoms with E-state index in [4.69, 9.17) is 0 Å². The number of amides is 1. The molecule has 20 heavy (non-hydrogen) atoms. The van der Waals surface area contributed by atoms with Crippen molar-refractivity contribution >= 4 is 6.41 Å². The highest BCUT2D eigenvalue weighted by Gasteiger charge is 2.32. The first-order chi connectivity index (χ1) is 9.61. The summed E-state index contributed by atoms with van der Waals surface area (Å²) in [5.41, 5.74) is 2.56. The van der Waals surface area contributed by atoms with Crippen LogP contribution in [0.1, 0.15) is 31.3 Å². The number of hydrogen-bond acceptors (Lipinski definition) is 3. The summed E-state index contributed by atoms with van der Waals surface area (Å²) in [5.74, 6) is -0.281. The number of nitrogens with zero attached hydrogens (tertiary/aromatic N) is 4. The van der Waals surface area contributed by atoms with Crippen LogP contribution in [-0.2, 0) is 11.2 Å². The van der Waals surface area contributed by atoms with Crippen molar-refractivity contribution < 1.29 is 9.18 Å². The first kappa shape index (κ1) is 12.8. The molecule has 0 saturated heterocycles. The SMILES string of the molecule is C[C@H]1Cc2c(nnn2-c2ccc(F)cc2)[C@H](C)N1C=O. The molecular weight excluding hydrogens is 259 g/mol. The van der Waals surface area contributed by atoms with Crippen molar-refractivity contribution in [2.75, 3.05) is 0 Å². The second-order valence-corrected chi connectivity index (χ2v) is 5.09. The van der Waals surface area contributed by atoms with Crippen LogP contribution in [0.15, 0.2) is 24.3 Å². The Balaban J connectivity index is 2.05. The summed E-state index contributed by atoms with van der Waals surface area (Å²) in [6.07, 6.45) is 1.54. The standard InChI is InChI=1S/C14H15FN4O/c1-9-7-13-14(10(2)18(9)8-20)16-17-19(13)12-5-3-11(15)4-6-12/h3-6,8-10H,7H2,1-2H3/t9-,10-/m0/s1.